The van der Waals surface area contributed by atoms with Crippen LogP contribution in [0, 0.1) is 20.8 Å². The van der Waals surface area contributed by atoms with Gasteiger partial charge in [-0.1, -0.05) is 30.3 Å². The van der Waals surface area contributed by atoms with Crippen LogP contribution in [0.4, 0.5) is 0 Å². The average molecular weight is 374 g/mol. The van der Waals surface area contributed by atoms with E-state index in [4.69, 9.17) is 4.74 Å². The summed E-state index contributed by atoms with van der Waals surface area (Å²) in [6.45, 7) is 10.1. The number of hydrogen-bond donors (Lipinski definition) is 1. The second kappa shape index (κ2) is 6.71. The van der Waals surface area contributed by atoms with Crippen LogP contribution in [0.3, 0.4) is 0 Å². The summed E-state index contributed by atoms with van der Waals surface area (Å²) in [6.07, 6.45) is 1.71. The third-order valence-electron chi connectivity index (χ3n) is 5.24. The first-order valence-corrected chi connectivity index (χ1v) is 10.5. The molecule has 1 aliphatic heterocycles. The Bertz CT molecular complexity index is 932. The largest absolute Gasteiger partial charge is 0.487 e. The SMILES string of the molecule is Cc1c(C)c(S(=O)(=O)NCc2ccccc2)c(C)c2c1OC(C)(C)CC2. The van der Waals surface area contributed by atoms with Crippen molar-refractivity contribution < 1.29 is 13.2 Å². The van der Waals surface area contributed by atoms with Gasteiger partial charge in [0.1, 0.15) is 11.4 Å². The minimum atomic E-state index is -3.61. The first-order valence-electron chi connectivity index (χ1n) is 8.97. The lowest BCUT2D eigenvalue weighted by molar-refractivity contribution is 0.0832. The zero-order chi connectivity index (χ0) is 19.1. The Morgan fingerprint density at radius 3 is 2.35 bits per heavy atom. The predicted octanol–water partition coefficient (Wildman–Crippen LogP) is 4.19. The molecule has 0 fully saturated rings. The molecule has 0 radical (unpaired) electrons. The van der Waals surface area contributed by atoms with Gasteiger partial charge in [-0.15, -0.1) is 0 Å². The summed E-state index contributed by atoms with van der Waals surface area (Å²) < 4.78 is 35.1. The van der Waals surface area contributed by atoms with Gasteiger partial charge >= 0.3 is 0 Å². The first-order chi connectivity index (χ1) is 12.1. The van der Waals surface area contributed by atoms with Crippen LogP contribution in [0.15, 0.2) is 35.2 Å². The van der Waals surface area contributed by atoms with Crippen LogP contribution in [0.25, 0.3) is 0 Å². The Balaban J connectivity index is 2.01. The maximum Gasteiger partial charge on any atom is 0.241 e. The molecule has 0 bridgehead atoms. The molecule has 0 aromatic heterocycles. The van der Waals surface area contributed by atoms with E-state index in [1.165, 1.54) is 0 Å². The minimum Gasteiger partial charge on any atom is -0.487 e. The van der Waals surface area contributed by atoms with Crippen LogP contribution < -0.4 is 9.46 Å². The molecule has 1 N–H and O–H groups in total. The zero-order valence-electron chi connectivity index (χ0n) is 16.1. The molecule has 5 heteroatoms. The average Bonchev–Trinajstić information content (AvgIpc) is 2.58. The number of nitrogens with one attached hydrogen (secondary N) is 1. The molecule has 0 saturated heterocycles. The Kier molecular flexibility index (Phi) is 4.88. The van der Waals surface area contributed by atoms with E-state index in [1.54, 1.807) is 0 Å². The molecule has 26 heavy (non-hydrogen) atoms. The fourth-order valence-corrected chi connectivity index (χ4v) is 5.18. The van der Waals surface area contributed by atoms with Crippen LogP contribution >= 0.6 is 0 Å². The van der Waals surface area contributed by atoms with Crippen molar-refractivity contribution in [3.63, 3.8) is 0 Å². The van der Waals surface area contributed by atoms with Gasteiger partial charge < -0.3 is 4.74 Å². The van der Waals surface area contributed by atoms with Crippen molar-refractivity contribution in [1.29, 1.82) is 0 Å². The first kappa shape index (κ1) is 18.9. The number of sulfonamides is 1. The fraction of sp³-hybridized carbons (Fsp3) is 0.429. The third kappa shape index (κ3) is 3.51. The van der Waals surface area contributed by atoms with Crippen molar-refractivity contribution in [2.45, 2.75) is 64.5 Å². The molecule has 0 unspecified atom stereocenters. The predicted molar refractivity (Wildman–Crippen MR) is 104 cm³/mol. The summed E-state index contributed by atoms with van der Waals surface area (Å²) in [6, 6.07) is 9.55. The Morgan fingerprint density at radius 2 is 1.69 bits per heavy atom. The van der Waals surface area contributed by atoms with Crippen molar-refractivity contribution >= 4 is 10.0 Å². The minimum absolute atomic E-state index is 0.220. The maximum atomic E-state index is 13.1. The molecule has 0 saturated carbocycles. The molecule has 140 valence electrons. The molecule has 2 aromatic rings. The molecule has 1 heterocycles. The lowest BCUT2D eigenvalue weighted by atomic mass is 9.88. The highest BCUT2D eigenvalue weighted by Crippen LogP contribution is 2.42. The van der Waals surface area contributed by atoms with Crippen LogP contribution in [-0.2, 0) is 23.0 Å². The highest BCUT2D eigenvalue weighted by Gasteiger charge is 2.33. The molecular formula is C21H27NO3S. The van der Waals surface area contributed by atoms with Crippen LogP contribution in [0.5, 0.6) is 5.75 Å². The van der Waals surface area contributed by atoms with E-state index in [0.29, 0.717) is 4.90 Å². The molecule has 0 spiro atoms. The van der Waals surface area contributed by atoms with Crippen molar-refractivity contribution in [3.05, 3.63) is 58.1 Å². The molecule has 4 nitrogen and oxygen atoms in total. The lowest BCUT2D eigenvalue weighted by Gasteiger charge is -2.35. The van der Waals surface area contributed by atoms with Gasteiger partial charge in [0.25, 0.3) is 0 Å². The zero-order valence-corrected chi connectivity index (χ0v) is 17.0. The third-order valence-corrected chi connectivity index (χ3v) is 6.92. The highest BCUT2D eigenvalue weighted by molar-refractivity contribution is 7.89. The Morgan fingerprint density at radius 1 is 1.04 bits per heavy atom. The van der Waals surface area contributed by atoms with Crippen LogP contribution in [0.1, 0.15) is 48.1 Å². The van der Waals surface area contributed by atoms with Gasteiger partial charge in [0.05, 0.1) is 4.90 Å². The number of rotatable bonds is 4. The Labute approximate surface area is 156 Å². The highest BCUT2D eigenvalue weighted by atomic mass is 32.2. The lowest BCUT2D eigenvalue weighted by Crippen LogP contribution is -2.34. The summed E-state index contributed by atoms with van der Waals surface area (Å²) >= 11 is 0. The molecular weight excluding hydrogens is 346 g/mol. The van der Waals surface area contributed by atoms with E-state index in [9.17, 15) is 8.42 Å². The maximum absolute atomic E-state index is 13.1. The van der Waals surface area contributed by atoms with E-state index < -0.39 is 10.0 Å². The number of fused-ring (bicyclic) bond motifs is 1. The standard InChI is InChI=1S/C21H27NO3S/c1-14-15(2)20(16(3)18-11-12-21(4,5)25-19(14)18)26(23,24)22-13-17-9-7-6-8-10-17/h6-10,22H,11-13H2,1-5H3. The van der Waals surface area contributed by atoms with Crippen molar-refractivity contribution in [2.24, 2.45) is 0 Å². The number of hydrogen-bond acceptors (Lipinski definition) is 3. The van der Waals surface area contributed by atoms with Gasteiger partial charge in [0.2, 0.25) is 10.0 Å². The van der Waals surface area contributed by atoms with Crippen molar-refractivity contribution in [1.82, 2.24) is 4.72 Å². The van der Waals surface area contributed by atoms with Gasteiger partial charge in [-0.25, -0.2) is 13.1 Å². The van der Waals surface area contributed by atoms with Crippen molar-refractivity contribution in [3.8, 4) is 5.75 Å². The van der Waals surface area contributed by atoms with Gasteiger partial charge in [0.15, 0.2) is 0 Å². The topological polar surface area (TPSA) is 55.4 Å². The van der Waals surface area contributed by atoms with Crippen LogP contribution in [-0.4, -0.2) is 14.0 Å². The summed E-state index contributed by atoms with van der Waals surface area (Å²) in [5, 5.41) is 0. The van der Waals surface area contributed by atoms with E-state index in [-0.39, 0.29) is 12.1 Å². The van der Waals surface area contributed by atoms with Crippen LogP contribution in [0.2, 0.25) is 0 Å². The summed E-state index contributed by atoms with van der Waals surface area (Å²) in [5.41, 5.74) is 4.22. The second-order valence-electron chi connectivity index (χ2n) is 7.68. The van der Waals surface area contributed by atoms with Gasteiger partial charge in [-0.2, -0.15) is 0 Å². The van der Waals surface area contributed by atoms with E-state index in [0.717, 1.165) is 46.4 Å². The number of ether oxygens (including phenoxy) is 1. The molecule has 1 aliphatic rings. The van der Waals surface area contributed by atoms with E-state index in [1.807, 2.05) is 51.1 Å². The number of benzene rings is 2. The molecule has 0 amide bonds. The molecule has 3 rings (SSSR count). The normalized spacial score (nSPS) is 16.0. The second-order valence-corrected chi connectivity index (χ2v) is 9.39. The smallest absolute Gasteiger partial charge is 0.241 e. The van der Waals surface area contributed by atoms with E-state index >= 15 is 0 Å². The molecule has 0 atom stereocenters. The summed E-state index contributed by atoms with van der Waals surface area (Å²) in [4.78, 5) is 0.396. The van der Waals surface area contributed by atoms with Gasteiger partial charge in [-0.05, 0) is 75.3 Å². The molecule has 0 aliphatic carbocycles. The quantitative estimate of drug-likeness (QED) is 0.874. The fourth-order valence-electron chi connectivity index (χ4n) is 3.60. The summed E-state index contributed by atoms with van der Waals surface area (Å²) in [5.74, 6) is 0.859. The Hall–Kier alpha value is -1.85. The van der Waals surface area contributed by atoms with Gasteiger partial charge in [0, 0.05) is 6.54 Å². The monoisotopic (exact) mass is 373 g/mol. The van der Waals surface area contributed by atoms with Gasteiger partial charge in [-0.3, -0.25) is 0 Å². The summed E-state index contributed by atoms with van der Waals surface area (Å²) in [7, 11) is -3.61. The molecule has 2 aromatic carbocycles. The van der Waals surface area contributed by atoms with Crippen molar-refractivity contribution in [2.75, 3.05) is 0 Å². The van der Waals surface area contributed by atoms with E-state index in [2.05, 4.69) is 18.6 Å².